The summed E-state index contributed by atoms with van der Waals surface area (Å²) < 4.78 is 5.41. The Hall–Kier alpha value is -1.33. The van der Waals surface area contributed by atoms with Crippen molar-refractivity contribution in [2.24, 2.45) is 0 Å². The summed E-state index contributed by atoms with van der Waals surface area (Å²) in [4.78, 5) is 19.7. The first-order chi connectivity index (χ1) is 10.7. The third kappa shape index (κ3) is 3.36. The van der Waals surface area contributed by atoms with Crippen LogP contribution in [0.3, 0.4) is 0 Å². The number of hydrogen-bond donors (Lipinski definition) is 1. The molecule has 118 valence electrons. The van der Waals surface area contributed by atoms with Gasteiger partial charge in [-0.05, 0) is 44.2 Å². The molecule has 5 heteroatoms. The predicted molar refractivity (Wildman–Crippen MR) is 91.4 cm³/mol. The number of ether oxygens (including phenoxy) is 1. The van der Waals surface area contributed by atoms with Crippen LogP contribution in [-0.2, 0) is 10.5 Å². The van der Waals surface area contributed by atoms with Crippen molar-refractivity contribution in [3.63, 3.8) is 0 Å². The topological polar surface area (TPSA) is 55.0 Å². The Morgan fingerprint density at radius 1 is 1.32 bits per heavy atom. The van der Waals surface area contributed by atoms with Gasteiger partial charge >= 0.3 is 0 Å². The van der Waals surface area contributed by atoms with Crippen molar-refractivity contribution >= 4 is 22.7 Å². The second-order valence-corrected chi connectivity index (χ2v) is 7.22. The highest BCUT2D eigenvalue weighted by Gasteiger charge is 2.21. The Balaban J connectivity index is 1.70. The number of H-pyrrole nitrogens is 1. The summed E-state index contributed by atoms with van der Waals surface area (Å²) in [5.41, 5.74) is 1.84. The molecule has 2 aromatic rings. The molecule has 1 aromatic heterocycles. The molecule has 0 radical (unpaired) electrons. The van der Waals surface area contributed by atoms with E-state index in [1.807, 2.05) is 36.9 Å². The van der Waals surface area contributed by atoms with Crippen LogP contribution in [0.1, 0.15) is 37.1 Å². The summed E-state index contributed by atoms with van der Waals surface area (Å²) in [6, 6.07) is 5.73. The lowest BCUT2D eigenvalue weighted by molar-refractivity contribution is 0.0723. The molecule has 1 aliphatic rings. The average molecular weight is 318 g/mol. The number of aromatic nitrogens is 2. The molecule has 0 saturated heterocycles. The zero-order valence-electron chi connectivity index (χ0n) is 13.1. The lowest BCUT2D eigenvalue weighted by Crippen LogP contribution is -2.22. The fourth-order valence-corrected chi connectivity index (χ4v) is 4.19. The van der Waals surface area contributed by atoms with E-state index in [0.717, 1.165) is 35.5 Å². The quantitative estimate of drug-likeness (QED) is 0.938. The monoisotopic (exact) mass is 318 g/mol. The van der Waals surface area contributed by atoms with Gasteiger partial charge in [0.1, 0.15) is 5.82 Å². The molecule has 1 heterocycles. The van der Waals surface area contributed by atoms with Gasteiger partial charge in [0.25, 0.3) is 5.56 Å². The molecule has 1 N–H and O–H groups in total. The van der Waals surface area contributed by atoms with E-state index in [1.54, 1.807) is 7.11 Å². The maximum absolute atomic E-state index is 12.2. The van der Waals surface area contributed by atoms with E-state index in [-0.39, 0.29) is 5.56 Å². The van der Waals surface area contributed by atoms with Crippen molar-refractivity contribution in [1.82, 2.24) is 9.97 Å². The van der Waals surface area contributed by atoms with Crippen LogP contribution in [0, 0.1) is 6.92 Å². The lowest BCUT2D eigenvalue weighted by atomic mass is 9.97. The third-order valence-electron chi connectivity index (χ3n) is 4.40. The molecular weight excluding hydrogens is 296 g/mol. The van der Waals surface area contributed by atoms with Crippen LogP contribution < -0.4 is 5.56 Å². The number of aryl methyl sites for hydroxylation is 1. The van der Waals surface area contributed by atoms with Crippen molar-refractivity contribution in [2.75, 3.05) is 7.11 Å². The van der Waals surface area contributed by atoms with E-state index in [1.165, 1.54) is 12.8 Å². The fourth-order valence-electron chi connectivity index (χ4n) is 3.05. The molecule has 22 heavy (non-hydrogen) atoms. The largest absolute Gasteiger partial charge is 0.381 e. The Morgan fingerprint density at radius 3 is 2.82 bits per heavy atom. The zero-order valence-corrected chi connectivity index (χ0v) is 13.9. The minimum Gasteiger partial charge on any atom is -0.381 e. The maximum atomic E-state index is 12.2. The second kappa shape index (κ2) is 6.84. The first-order valence-electron chi connectivity index (χ1n) is 7.80. The predicted octanol–water partition coefficient (Wildman–Crippen LogP) is 3.42. The van der Waals surface area contributed by atoms with E-state index >= 15 is 0 Å². The van der Waals surface area contributed by atoms with E-state index in [0.29, 0.717) is 16.7 Å². The molecule has 0 aliphatic heterocycles. The summed E-state index contributed by atoms with van der Waals surface area (Å²) in [5.74, 6) is 1.55. The van der Waals surface area contributed by atoms with E-state index in [9.17, 15) is 4.79 Å². The molecule has 4 nitrogen and oxygen atoms in total. The Bertz CT molecular complexity index is 705. The number of fused-ring (bicyclic) bond motifs is 1. The number of thioether (sulfide) groups is 1. The summed E-state index contributed by atoms with van der Waals surface area (Å²) in [7, 11) is 1.80. The molecule has 0 spiro atoms. The molecule has 0 unspecified atom stereocenters. The number of rotatable bonds is 4. The van der Waals surface area contributed by atoms with Crippen LogP contribution in [0.15, 0.2) is 23.0 Å². The molecule has 1 aliphatic carbocycles. The van der Waals surface area contributed by atoms with Gasteiger partial charge < -0.3 is 9.72 Å². The minimum atomic E-state index is -0.0348. The lowest BCUT2D eigenvalue weighted by Gasteiger charge is -2.26. The number of benzene rings is 1. The van der Waals surface area contributed by atoms with Gasteiger partial charge in [0.05, 0.1) is 22.8 Å². The molecule has 1 fully saturated rings. The van der Waals surface area contributed by atoms with Gasteiger partial charge in [0.15, 0.2) is 0 Å². The van der Waals surface area contributed by atoms with Crippen LogP contribution in [0.2, 0.25) is 0 Å². The highest BCUT2D eigenvalue weighted by molar-refractivity contribution is 7.99. The summed E-state index contributed by atoms with van der Waals surface area (Å²) in [5, 5.41) is 1.32. The van der Waals surface area contributed by atoms with Crippen molar-refractivity contribution in [2.45, 2.75) is 49.7 Å². The SMILES string of the molecule is COC1CCC(SCc2nc3c(C)cccc3c(=O)[nH]2)CC1. The number of methoxy groups -OCH3 is 1. The molecule has 1 saturated carbocycles. The van der Waals surface area contributed by atoms with Gasteiger partial charge in [-0.3, -0.25) is 4.79 Å². The number of nitrogens with one attached hydrogen (secondary N) is 1. The smallest absolute Gasteiger partial charge is 0.258 e. The molecule has 3 rings (SSSR count). The number of aromatic amines is 1. The van der Waals surface area contributed by atoms with Gasteiger partial charge in [-0.15, -0.1) is 0 Å². The third-order valence-corrected chi connectivity index (χ3v) is 5.78. The van der Waals surface area contributed by atoms with Crippen molar-refractivity contribution in [3.8, 4) is 0 Å². The van der Waals surface area contributed by atoms with E-state index < -0.39 is 0 Å². The molecule has 0 atom stereocenters. The van der Waals surface area contributed by atoms with Gasteiger partial charge in [-0.2, -0.15) is 11.8 Å². The molecule has 0 amide bonds. The van der Waals surface area contributed by atoms with Crippen LogP contribution in [0.4, 0.5) is 0 Å². The number of para-hydroxylation sites is 1. The fraction of sp³-hybridized carbons (Fsp3) is 0.529. The number of nitrogens with zero attached hydrogens (tertiary/aromatic N) is 1. The minimum absolute atomic E-state index is 0.0348. The van der Waals surface area contributed by atoms with Crippen LogP contribution in [0.25, 0.3) is 10.9 Å². The van der Waals surface area contributed by atoms with Crippen LogP contribution in [0.5, 0.6) is 0 Å². The zero-order chi connectivity index (χ0) is 15.5. The van der Waals surface area contributed by atoms with Crippen LogP contribution >= 0.6 is 11.8 Å². The molecular formula is C17H22N2O2S. The Morgan fingerprint density at radius 2 is 2.09 bits per heavy atom. The summed E-state index contributed by atoms with van der Waals surface area (Å²) in [6.07, 6.45) is 5.06. The second-order valence-electron chi connectivity index (χ2n) is 5.93. The van der Waals surface area contributed by atoms with Crippen molar-refractivity contribution in [1.29, 1.82) is 0 Å². The highest BCUT2D eigenvalue weighted by atomic mass is 32.2. The molecule has 1 aromatic carbocycles. The van der Waals surface area contributed by atoms with Crippen LogP contribution in [-0.4, -0.2) is 28.4 Å². The van der Waals surface area contributed by atoms with Gasteiger partial charge in [-0.25, -0.2) is 4.98 Å². The van der Waals surface area contributed by atoms with E-state index in [2.05, 4.69) is 9.97 Å². The normalized spacial score (nSPS) is 22.1. The van der Waals surface area contributed by atoms with E-state index in [4.69, 9.17) is 4.74 Å². The van der Waals surface area contributed by atoms with Crippen molar-refractivity contribution < 1.29 is 4.74 Å². The highest BCUT2D eigenvalue weighted by Crippen LogP contribution is 2.31. The Labute approximate surface area is 134 Å². The number of hydrogen-bond acceptors (Lipinski definition) is 4. The average Bonchev–Trinajstić information content (AvgIpc) is 2.54. The summed E-state index contributed by atoms with van der Waals surface area (Å²) >= 11 is 1.90. The van der Waals surface area contributed by atoms with Gasteiger partial charge in [0, 0.05) is 12.4 Å². The first-order valence-corrected chi connectivity index (χ1v) is 8.85. The molecule has 0 bridgehead atoms. The standard InChI is InChI=1S/C17H22N2O2S/c1-11-4-3-5-14-16(11)18-15(19-17(14)20)10-22-13-8-6-12(21-2)7-9-13/h3-5,12-13H,6-10H2,1-2H3,(H,18,19,20). The summed E-state index contributed by atoms with van der Waals surface area (Å²) in [6.45, 7) is 2.00. The Kier molecular flexibility index (Phi) is 4.84. The maximum Gasteiger partial charge on any atom is 0.258 e. The van der Waals surface area contributed by atoms with Crippen molar-refractivity contribution in [3.05, 3.63) is 39.9 Å². The van der Waals surface area contributed by atoms with Gasteiger partial charge in [0.2, 0.25) is 0 Å². The first kappa shape index (κ1) is 15.6. The van der Waals surface area contributed by atoms with Gasteiger partial charge in [-0.1, -0.05) is 12.1 Å².